The number of halogens is 3. The van der Waals surface area contributed by atoms with Crippen molar-refractivity contribution in [3.8, 4) is 0 Å². The van der Waals surface area contributed by atoms with Crippen molar-refractivity contribution in [2.45, 2.75) is 25.1 Å². The van der Waals surface area contributed by atoms with E-state index >= 15 is 0 Å². The second kappa shape index (κ2) is 6.73. The van der Waals surface area contributed by atoms with E-state index in [-0.39, 0.29) is 11.9 Å². The zero-order valence-electron chi connectivity index (χ0n) is 13.6. The van der Waals surface area contributed by atoms with Crippen molar-refractivity contribution in [2.75, 3.05) is 18.0 Å². The van der Waals surface area contributed by atoms with Crippen molar-refractivity contribution < 1.29 is 18.0 Å². The summed E-state index contributed by atoms with van der Waals surface area (Å²) < 4.78 is 39.8. The van der Waals surface area contributed by atoms with Gasteiger partial charge in [0, 0.05) is 32.4 Å². The molecule has 9 heteroatoms. The SMILES string of the molecule is Cn1nccc1C(=O)NC1CCN(c2cccc(C(F)(F)F)n2)CC1. The molecule has 1 amide bonds. The van der Waals surface area contributed by atoms with Crippen LogP contribution in [0.3, 0.4) is 0 Å². The molecule has 1 fully saturated rings. The van der Waals surface area contributed by atoms with Crippen molar-refractivity contribution in [1.82, 2.24) is 20.1 Å². The lowest BCUT2D eigenvalue weighted by atomic mass is 10.0. The fourth-order valence-corrected chi connectivity index (χ4v) is 2.87. The Balaban J connectivity index is 1.59. The van der Waals surface area contributed by atoms with Crippen LogP contribution in [0.15, 0.2) is 30.5 Å². The van der Waals surface area contributed by atoms with E-state index in [2.05, 4.69) is 15.4 Å². The summed E-state index contributed by atoms with van der Waals surface area (Å²) >= 11 is 0. The van der Waals surface area contributed by atoms with Gasteiger partial charge >= 0.3 is 6.18 Å². The van der Waals surface area contributed by atoms with E-state index in [1.54, 1.807) is 25.4 Å². The first-order valence-corrected chi connectivity index (χ1v) is 7.92. The summed E-state index contributed by atoms with van der Waals surface area (Å²) in [4.78, 5) is 17.7. The van der Waals surface area contributed by atoms with Crippen LogP contribution in [-0.2, 0) is 13.2 Å². The number of carbonyl (C=O) groups is 1. The molecule has 0 aliphatic carbocycles. The van der Waals surface area contributed by atoms with Gasteiger partial charge in [0.05, 0.1) is 0 Å². The number of aryl methyl sites for hydroxylation is 1. The first kappa shape index (κ1) is 17.2. The van der Waals surface area contributed by atoms with Crippen molar-refractivity contribution in [3.05, 3.63) is 41.9 Å². The van der Waals surface area contributed by atoms with E-state index in [1.165, 1.54) is 10.7 Å². The maximum Gasteiger partial charge on any atom is 0.433 e. The van der Waals surface area contributed by atoms with Crippen LogP contribution in [0.2, 0.25) is 0 Å². The minimum absolute atomic E-state index is 0.0237. The molecule has 0 saturated carbocycles. The molecule has 6 nitrogen and oxygen atoms in total. The van der Waals surface area contributed by atoms with Crippen LogP contribution in [0.25, 0.3) is 0 Å². The molecule has 134 valence electrons. The number of carbonyl (C=O) groups excluding carboxylic acids is 1. The van der Waals surface area contributed by atoms with E-state index in [0.717, 1.165) is 6.07 Å². The van der Waals surface area contributed by atoms with Crippen LogP contribution >= 0.6 is 0 Å². The molecule has 0 radical (unpaired) electrons. The highest BCUT2D eigenvalue weighted by Gasteiger charge is 2.33. The molecule has 2 aromatic rings. The van der Waals surface area contributed by atoms with Crippen molar-refractivity contribution in [1.29, 1.82) is 0 Å². The second-order valence-electron chi connectivity index (χ2n) is 5.95. The average Bonchev–Trinajstić information content (AvgIpc) is 3.01. The van der Waals surface area contributed by atoms with Crippen LogP contribution in [0.1, 0.15) is 29.0 Å². The fraction of sp³-hybridized carbons (Fsp3) is 0.438. The Hall–Kier alpha value is -2.58. The minimum atomic E-state index is -4.45. The Kier molecular flexibility index (Phi) is 4.65. The molecule has 0 spiro atoms. The average molecular weight is 353 g/mol. The van der Waals surface area contributed by atoms with Gasteiger partial charge in [-0.05, 0) is 31.0 Å². The molecule has 3 heterocycles. The number of hydrogen-bond donors (Lipinski definition) is 1. The molecule has 0 bridgehead atoms. The number of nitrogens with one attached hydrogen (secondary N) is 1. The van der Waals surface area contributed by atoms with Gasteiger partial charge in [0.2, 0.25) is 0 Å². The fourth-order valence-electron chi connectivity index (χ4n) is 2.87. The minimum Gasteiger partial charge on any atom is -0.356 e. The molecule has 0 aromatic carbocycles. The number of hydrogen-bond acceptors (Lipinski definition) is 4. The van der Waals surface area contributed by atoms with Crippen LogP contribution < -0.4 is 10.2 Å². The van der Waals surface area contributed by atoms with Crippen LogP contribution in [0, 0.1) is 0 Å². The number of pyridine rings is 1. The monoisotopic (exact) mass is 353 g/mol. The van der Waals surface area contributed by atoms with Gasteiger partial charge < -0.3 is 10.2 Å². The van der Waals surface area contributed by atoms with Gasteiger partial charge in [0.25, 0.3) is 5.91 Å². The smallest absolute Gasteiger partial charge is 0.356 e. The van der Waals surface area contributed by atoms with E-state index < -0.39 is 11.9 Å². The number of aromatic nitrogens is 3. The van der Waals surface area contributed by atoms with Gasteiger partial charge in [-0.25, -0.2) is 4.98 Å². The Labute approximate surface area is 142 Å². The Morgan fingerprint density at radius 2 is 1.96 bits per heavy atom. The Morgan fingerprint density at radius 1 is 1.24 bits per heavy atom. The molecule has 1 saturated heterocycles. The van der Waals surface area contributed by atoms with Gasteiger partial charge in [0.1, 0.15) is 17.2 Å². The van der Waals surface area contributed by atoms with Crippen LogP contribution in [0.5, 0.6) is 0 Å². The summed E-state index contributed by atoms with van der Waals surface area (Å²) in [6.07, 6.45) is -1.62. The molecular weight excluding hydrogens is 335 g/mol. The van der Waals surface area contributed by atoms with Gasteiger partial charge in [0.15, 0.2) is 0 Å². The van der Waals surface area contributed by atoms with Crippen molar-refractivity contribution in [2.24, 2.45) is 7.05 Å². The Bertz CT molecular complexity index is 750. The number of amides is 1. The maximum absolute atomic E-state index is 12.8. The normalized spacial score (nSPS) is 16.1. The van der Waals surface area contributed by atoms with E-state index in [1.807, 2.05) is 4.90 Å². The molecule has 0 unspecified atom stereocenters. The molecule has 25 heavy (non-hydrogen) atoms. The number of piperidine rings is 1. The molecule has 3 rings (SSSR count). The molecular formula is C16H18F3N5O. The highest BCUT2D eigenvalue weighted by molar-refractivity contribution is 5.92. The third-order valence-electron chi connectivity index (χ3n) is 4.23. The van der Waals surface area contributed by atoms with Gasteiger partial charge in [-0.2, -0.15) is 18.3 Å². The lowest BCUT2D eigenvalue weighted by Gasteiger charge is -2.33. The summed E-state index contributed by atoms with van der Waals surface area (Å²) in [7, 11) is 1.69. The number of anilines is 1. The Morgan fingerprint density at radius 3 is 2.56 bits per heavy atom. The zero-order chi connectivity index (χ0) is 18.0. The predicted molar refractivity (Wildman–Crippen MR) is 85.1 cm³/mol. The van der Waals surface area contributed by atoms with Gasteiger partial charge in [-0.3, -0.25) is 9.48 Å². The number of rotatable bonds is 3. The quantitative estimate of drug-likeness (QED) is 0.919. The largest absolute Gasteiger partial charge is 0.433 e. The molecule has 2 aromatic heterocycles. The third-order valence-corrected chi connectivity index (χ3v) is 4.23. The number of nitrogens with zero attached hydrogens (tertiary/aromatic N) is 4. The summed E-state index contributed by atoms with van der Waals surface area (Å²) in [5.74, 6) is 0.113. The number of alkyl halides is 3. The summed E-state index contributed by atoms with van der Waals surface area (Å²) in [6.45, 7) is 1.06. The standard InChI is InChI=1S/C16H18F3N5O/c1-23-12(5-8-20-23)15(25)21-11-6-9-24(10-7-11)14-4-2-3-13(22-14)16(17,18)19/h2-5,8,11H,6-7,9-10H2,1H3,(H,21,25). The van der Waals surface area contributed by atoms with Crippen LogP contribution in [0.4, 0.5) is 19.0 Å². The molecule has 1 aliphatic heterocycles. The molecule has 1 aliphatic rings. The van der Waals surface area contributed by atoms with Gasteiger partial charge in [-0.15, -0.1) is 0 Å². The molecule has 1 N–H and O–H groups in total. The van der Waals surface area contributed by atoms with E-state index in [9.17, 15) is 18.0 Å². The zero-order valence-corrected chi connectivity index (χ0v) is 13.6. The topological polar surface area (TPSA) is 63.1 Å². The molecule has 0 atom stereocenters. The van der Waals surface area contributed by atoms with Crippen molar-refractivity contribution in [3.63, 3.8) is 0 Å². The lowest BCUT2D eigenvalue weighted by molar-refractivity contribution is -0.141. The summed E-state index contributed by atoms with van der Waals surface area (Å²) in [5, 5.41) is 6.90. The van der Waals surface area contributed by atoms with E-state index in [0.29, 0.717) is 37.4 Å². The first-order valence-electron chi connectivity index (χ1n) is 7.92. The van der Waals surface area contributed by atoms with E-state index in [4.69, 9.17) is 0 Å². The maximum atomic E-state index is 12.8. The highest BCUT2D eigenvalue weighted by Crippen LogP contribution is 2.29. The van der Waals surface area contributed by atoms with Gasteiger partial charge in [-0.1, -0.05) is 6.07 Å². The third kappa shape index (κ3) is 3.92. The summed E-state index contributed by atoms with van der Waals surface area (Å²) in [5.41, 5.74) is -0.418. The second-order valence-corrected chi connectivity index (χ2v) is 5.95. The van der Waals surface area contributed by atoms with Crippen molar-refractivity contribution >= 4 is 11.7 Å². The lowest BCUT2D eigenvalue weighted by Crippen LogP contribution is -2.45. The summed E-state index contributed by atoms with van der Waals surface area (Å²) in [6, 6.07) is 5.51. The first-order chi connectivity index (χ1) is 11.8. The highest BCUT2D eigenvalue weighted by atomic mass is 19.4. The predicted octanol–water partition coefficient (Wildman–Crippen LogP) is 2.23. The van der Waals surface area contributed by atoms with Crippen LogP contribution in [-0.4, -0.2) is 39.8 Å².